The van der Waals surface area contributed by atoms with E-state index in [0.29, 0.717) is 19.8 Å². The smallest absolute Gasteiger partial charge is 0.102 e. The number of halogens is 1. The predicted octanol–water partition coefficient (Wildman–Crippen LogP) is -0.695. The van der Waals surface area contributed by atoms with Crippen LogP contribution in [0.1, 0.15) is 0 Å². The van der Waals surface area contributed by atoms with Crippen LogP contribution in [0.25, 0.3) is 0 Å². The van der Waals surface area contributed by atoms with Gasteiger partial charge in [-0.3, -0.25) is 0 Å². The average Bonchev–Trinajstić information content (AvgIpc) is 2.31. The quantitative estimate of drug-likeness (QED) is 0.558. The van der Waals surface area contributed by atoms with Crippen LogP contribution in [0.15, 0.2) is 0 Å². The topological polar surface area (TPSA) is 41.5 Å². The second-order valence-electron chi connectivity index (χ2n) is 2.35. The second kappa shape index (κ2) is 3.85. The van der Waals surface area contributed by atoms with Crippen molar-refractivity contribution in [1.29, 1.82) is 0 Å². The third kappa shape index (κ3) is 1.90. The lowest BCUT2D eigenvalue weighted by Gasteiger charge is -2.12. The van der Waals surface area contributed by atoms with Gasteiger partial charge in [-0.2, -0.15) is 0 Å². The molecule has 0 aliphatic carbocycles. The van der Waals surface area contributed by atoms with Gasteiger partial charge < -0.3 is 15.2 Å². The summed E-state index contributed by atoms with van der Waals surface area (Å²) in [5.41, 5.74) is 0. The van der Waals surface area contributed by atoms with Crippen LogP contribution in [-0.4, -0.2) is 43.7 Å². The molecule has 4 heteroatoms. The SMILES string of the molecule is O[C@@H]1COC[C@H]1NCCF. The lowest BCUT2D eigenvalue weighted by molar-refractivity contribution is 0.122. The highest BCUT2D eigenvalue weighted by molar-refractivity contribution is 4.79. The van der Waals surface area contributed by atoms with Crippen molar-refractivity contribution in [2.75, 3.05) is 26.4 Å². The number of aliphatic hydroxyl groups excluding tert-OH is 1. The summed E-state index contributed by atoms with van der Waals surface area (Å²) in [5.74, 6) is 0. The minimum absolute atomic E-state index is 0.0734. The number of rotatable bonds is 3. The molecule has 2 atom stereocenters. The molecule has 0 unspecified atom stereocenters. The van der Waals surface area contributed by atoms with E-state index < -0.39 is 12.8 Å². The summed E-state index contributed by atoms with van der Waals surface area (Å²) >= 11 is 0. The zero-order chi connectivity index (χ0) is 7.40. The maximum atomic E-state index is 11.6. The summed E-state index contributed by atoms with van der Waals surface area (Å²) in [6, 6.07) is -0.0734. The number of aliphatic hydroxyl groups is 1. The summed E-state index contributed by atoms with van der Waals surface area (Å²) < 4.78 is 16.5. The van der Waals surface area contributed by atoms with Crippen LogP contribution >= 0.6 is 0 Å². The Bertz CT molecular complexity index is 102. The summed E-state index contributed by atoms with van der Waals surface area (Å²) in [4.78, 5) is 0. The van der Waals surface area contributed by atoms with Crippen molar-refractivity contribution in [2.24, 2.45) is 0 Å². The van der Waals surface area contributed by atoms with Crippen molar-refractivity contribution in [3.63, 3.8) is 0 Å². The molecular weight excluding hydrogens is 137 g/mol. The minimum Gasteiger partial charge on any atom is -0.389 e. The van der Waals surface area contributed by atoms with Crippen molar-refractivity contribution < 1.29 is 14.2 Å². The molecule has 0 aromatic heterocycles. The van der Waals surface area contributed by atoms with Crippen molar-refractivity contribution in [3.8, 4) is 0 Å². The monoisotopic (exact) mass is 149 g/mol. The first-order valence-corrected chi connectivity index (χ1v) is 3.39. The molecule has 0 radical (unpaired) electrons. The van der Waals surface area contributed by atoms with E-state index in [9.17, 15) is 4.39 Å². The van der Waals surface area contributed by atoms with Crippen LogP contribution < -0.4 is 5.32 Å². The molecule has 3 nitrogen and oxygen atoms in total. The van der Waals surface area contributed by atoms with Crippen LogP contribution in [0.5, 0.6) is 0 Å². The molecule has 1 fully saturated rings. The fraction of sp³-hybridized carbons (Fsp3) is 1.00. The van der Waals surface area contributed by atoms with E-state index >= 15 is 0 Å². The Labute approximate surface area is 59.2 Å². The Kier molecular flexibility index (Phi) is 3.05. The molecule has 0 amide bonds. The minimum atomic E-state index is -0.466. The Morgan fingerprint density at radius 3 is 2.90 bits per heavy atom. The number of alkyl halides is 1. The van der Waals surface area contributed by atoms with Gasteiger partial charge in [0, 0.05) is 6.54 Å². The van der Waals surface area contributed by atoms with Crippen LogP contribution in [0, 0.1) is 0 Å². The van der Waals surface area contributed by atoms with E-state index in [0.717, 1.165) is 0 Å². The van der Waals surface area contributed by atoms with E-state index in [4.69, 9.17) is 9.84 Å². The maximum Gasteiger partial charge on any atom is 0.102 e. The standard InChI is InChI=1S/C6H12FNO2/c7-1-2-8-5-3-10-4-6(5)9/h5-6,8-9H,1-4H2/t5-,6-/m1/s1. The molecule has 0 saturated carbocycles. The van der Waals surface area contributed by atoms with Gasteiger partial charge in [-0.15, -0.1) is 0 Å². The summed E-state index contributed by atoms with van der Waals surface area (Å²) in [6.07, 6.45) is -0.466. The molecule has 2 N–H and O–H groups in total. The molecule has 0 bridgehead atoms. The van der Waals surface area contributed by atoms with Crippen molar-refractivity contribution in [1.82, 2.24) is 5.32 Å². The molecule has 1 aliphatic rings. The zero-order valence-corrected chi connectivity index (χ0v) is 5.72. The van der Waals surface area contributed by atoms with E-state index in [2.05, 4.69) is 5.32 Å². The number of nitrogens with one attached hydrogen (secondary N) is 1. The lowest BCUT2D eigenvalue weighted by Crippen LogP contribution is -2.39. The molecule has 1 saturated heterocycles. The van der Waals surface area contributed by atoms with Gasteiger partial charge in [0.15, 0.2) is 0 Å². The first kappa shape index (κ1) is 7.91. The van der Waals surface area contributed by atoms with Crippen molar-refractivity contribution in [2.45, 2.75) is 12.1 Å². The summed E-state index contributed by atoms with van der Waals surface area (Å²) in [7, 11) is 0. The van der Waals surface area contributed by atoms with Crippen LogP contribution in [0.4, 0.5) is 4.39 Å². The number of hydrogen-bond acceptors (Lipinski definition) is 3. The Morgan fingerprint density at radius 2 is 2.40 bits per heavy atom. The molecule has 0 spiro atoms. The molecule has 0 aromatic rings. The first-order valence-electron chi connectivity index (χ1n) is 3.39. The highest BCUT2D eigenvalue weighted by Gasteiger charge is 2.24. The van der Waals surface area contributed by atoms with E-state index in [1.165, 1.54) is 0 Å². The summed E-state index contributed by atoms with van der Waals surface area (Å²) in [5, 5.41) is 11.9. The van der Waals surface area contributed by atoms with Crippen LogP contribution in [0.2, 0.25) is 0 Å². The fourth-order valence-corrected chi connectivity index (χ4v) is 0.978. The lowest BCUT2D eigenvalue weighted by atomic mass is 10.2. The third-order valence-electron chi connectivity index (χ3n) is 1.55. The third-order valence-corrected chi connectivity index (χ3v) is 1.55. The van der Waals surface area contributed by atoms with Crippen LogP contribution in [0.3, 0.4) is 0 Å². The average molecular weight is 149 g/mol. The van der Waals surface area contributed by atoms with Crippen molar-refractivity contribution in [3.05, 3.63) is 0 Å². The van der Waals surface area contributed by atoms with E-state index in [1.54, 1.807) is 0 Å². The van der Waals surface area contributed by atoms with Gasteiger partial charge in [0.2, 0.25) is 0 Å². The maximum absolute atomic E-state index is 11.6. The Morgan fingerprint density at radius 1 is 1.60 bits per heavy atom. The Hall–Kier alpha value is -0.190. The number of ether oxygens (including phenoxy) is 1. The predicted molar refractivity (Wildman–Crippen MR) is 34.6 cm³/mol. The molecule has 60 valence electrons. The normalized spacial score (nSPS) is 33.0. The second-order valence-corrected chi connectivity index (χ2v) is 2.35. The van der Waals surface area contributed by atoms with Gasteiger partial charge >= 0.3 is 0 Å². The Balaban J connectivity index is 2.14. The van der Waals surface area contributed by atoms with Gasteiger partial charge in [0.05, 0.1) is 25.4 Å². The molecular formula is C6H12FNO2. The van der Waals surface area contributed by atoms with E-state index in [1.807, 2.05) is 0 Å². The first-order chi connectivity index (χ1) is 4.84. The molecule has 1 aliphatic heterocycles. The fourth-order valence-electron chi connectivity index (χ4n) is 0.978. The summed E-state index contributed by atoms with van der Waals surface area (Å²) in [6.45, 7) is 0.749. The van der Waals surface area contributed by atoms with Gasteiger partial charge in [-0.25, -0.2) is 4.39 Å². The van der Waals surface area contributed by atoms with Gasteiger partial charge in [-0.05, 0) is 0 Å². The van der Waals surface area contributed by atoms with E-state index in [-0.39, 0.29) is 6.04 Å². The van der Waals surface area contributed by atoms with Gasteiger partial charge in [-0.1, -0.05) is 0 Å². The van der Waals surface area contributed by atoms with Gasteiger partial charge in [0.1, 0.15) is 6.67 Å². The molecule has 10 heavy (non-hydrogen) atoms. The molecule has 0 aromatic carbocycles. The van der Waals surface area contributed by atoms with Crippen molar-refractivity contribution >= 4 is 0 Å². The molecule has 1 heterocycles. The highest BCUT2D eigenvalue weighted by atomic mass is 19.1. The van der Waals surface area contributed by atoms with Gasteiger partial charge in [0.25, 0.3) is 0 Å². The zero-order valence-electron chi connectivity index (χ0n) is 5.72. The molecule has 1 rings (SSSR count). The van der Waals surface area contributed by atoms with Crippen LogP contribution in [-0.2, 0) is 4.74 Å². The highest BCUT2D eigenvalue weighted by Crippen LogP contribution is 2.03. The number of hydrogen-bond donors (Lipinski definition) is 2. The largest absolute Gasteiger partial charge is 0.389 e.